The monoisotopic (exact) mass is 312 g/mol. The minimum absolute atomic E-state index is 0.0608. The van der Waals surface area contributed by atoms with Crippen molar-refractivity contribution in [3.05, 3.63) is 30.0 Å². The largest absolute Gasteiger partial charge is 0.339 e. The number of hydrogen-bond acceptors (Lipinski definition) is 3. The smallest absolute Gasteiger partial charge is 0.275 e. The lowest BCUT2D eigenvalue weighted by molar-refractivity contribution is -0.134. The Kier molecular flexibility index (Phi) is 3.32. The molecule has 0 radical (unpaired) electrons. The average Bonchev–Trinajstić information content (AvgIpc) is 3.17. The minimum Gasteiger partial charge on any atom is -0.339 e. The van der Waals surface area contributed by atoms with E-state index in [2.05, 4.69) is 17.1 Å². The van der Waals surface area contributed by atoms with Gasteiger partial charge in [-0.1, -0.05) is 25.1 Å². The van der Waals surface area contributed by atoms with Gasteiger partial charge in [-0.15, -0.1) is 0 Å². The Morgan fingerprint density at radius 3 is 2.48 bits per heavy atom. The minimum atomic E-state index is -0.0608. The van der Waals surface area contributed by atoms with Crippen LogP contribution >= 0.6 is 0 Å². The van der Waals surface area contributed by atoms with E-state index >= 15 is 0 Å². The first-order chi connectivity index (χ1) is 11.1. The van der Waals surface area contributed by atoms with E-state index in [4.69, 9.17) is 0 Å². The second-order valence-corrected chi connectivity index (χ2v) is 6.55. The standard InChI is InChI=1S/C17H20N4O2/c1-11-10-13(11)16(22)20-6-8-21(9-7-20)17(23)15-12-4-2-3-5-14(12)18-19-15/h2-5,11,13H,6-10H2,1H3,(H,18,19)/t11-,13+/m1/s1. The van der Waals surface area contributed by atoms with Gasteiger partial charge < -0.3 is 9.80 Å². The van der Waals surface area contributed by atoms with Gasteiger partial charge in [0.1, 0.15) is 0 Å². The number of H-pyrrole nitrogens is 1. The lowest BCUT2D eigenvalue weighted by Crippen LogP contribution is -2.51. The molecule has 0 spiro atoms. The number of carbonyl (C=O) groups is 2. The zero-order valence-electron chi connectivity index (χ0n) is 13.2. The topological polar surface area (TPSA) is 69.3 Å². The normalized spacial score (nSPS) is 24.0. The molecule has 1 aromatic carbocycles. The summed E-state index contributed by atoms with van der Waals surface area (Å²) in [6.45, 7) is 4.51. The molecular weight excluding hydrogens is 292 g/mol. The third kappa shape index (κ3) is 2.48. The molecule has 2 fully saturated rings. The maximum Gasteiger partial charge on any atom is 0.275 e. The molecule has 0 unspecified atom stereocenters. The number of aromatic amines is 1. The summed E-state index contributed by atoms with van der Waals surface area (Å²) < 4.78 is 0. The average molecular weight is 312 g/mol. The molecule has 1 N–H and O–H groups in total. The molecule has 2 amide bonds. The lowest BCUT2D eigenvalue weighted by Gasteiger charge is -2.34. The highest BCUT2D eigenvalue weighted by atomic mass is 16.2. The summed E-state index contributed by atoms with van der Waals surface area (Å²) in [7, 11) is 0. The van der Waals surface area contributed by atoms with Gasteiger partial charge in [0.25, 0.3) is 5.91 Å². The van der Waals surface area contributed by atoms with Crippen LogP contribution in [0.4, 0.5) is 0 Å². The van der Waals surface area contributed by atoms with Gasteiger partial charge in [0.15, 0.2) is 5.69 Å². The van der Waals surface area contributed by atoms with E-state index in [1.807, 2.05) is 29.2 Å². The van der Waals surface area contributed by atoms with Crippen LogP contribution in [0.3, 0.4) is 0 Å². The number of fused-ring (bicyclic) bond motifs is 1. The van der Waals surface area contributed by atoms with Crippen molar-refractivity contribution in [1.29, 1.82) is 0 Å². The third-order valence-electron chi connectivity index (χ3n) is 4.98. The highest BCUT2D eigenvalue weighted by Crippen LogP contribution is 2.39. The molecule has 1 aliphatic carbocycles. The molecule has 1 saturated carbocycles. The zero-order chi connectivity index (χ0) is 16.0. The quantitative estimate of drug-likeness (QED) is 0.914. The maximum atomic E-state index is 12.7. The van der Waals surface area contributed by atoms with Gasteiger partial charge >= 0.3 is 0 Å². The van der Waals surface area contributed by atoms with Gasteiger partial charge in [-0.3, -0.25) is 14.7 Å². The van der Waals surface area contributed by atoms with E-state index in [9.17, 15) is 9.59 Å². The predicted molar refractivity (Wildman–Crippen MR) is 85.8 cm³/mol. The molecule has 1 aromatic heterocycles. The summed E-state index contributed by atoms with van der Waals surface area (Å²) in [5.41, 5.74) is 1.34. The molecule has 0 bridgehead atoms. The van der Waals surface area contributed by atoms with Crippen molar-refractivity contribution in [3.8, 4) is 0 Å². The lowest BCUT2D eigenvalue weighted by atomic mass is 10.2. The Bertz CT molecular complexity index is 761. The Balaban J connectivity index is 1.44. The summed E-state index contributed by atoms with van der Waals surface area (Å²) in [6.07, 6.45) is 1.01. The van der Waals surface area contributed by atoms with Crippen LogP contribution in [0.2, 0.25) is 0 Å². The van der Waals surface area contributed by atoms with Crippen molar-refractivity contribution in [2.75, 3.05) is 26.2 Å². The zero-order valence-corrected chi connectivity index (χ0v) is 13.2. The SMILES string of the molecule is C[C@@H]1C[C@@H]1C(=O)N1CCN(C(=O)c2n[nH]c3ccccc23)CC1. The van der Waals surface area contributed by atoms with Crippen LogP contribution in [0.5, 0.6) is 0 Å². The Morgan fingerprint density at radius 1 is 1.13 bits per heavy atom. The van der Waals surface area contributed by atoms with Crippen LogP contribution < -0.4 is 0 Å². The summed E-state index contributed by atoms with van der Waals surface area (Å²) in [4.78, 5) is 28.6. The highest BCUT2D eigenvalue weighted by Gasteiger charge is 2.42. The van der Waals surface area contributed by atoms with Gasteiger partial charge in [0, 0.05) is 37.5 Å². The van der Waals surface area contributed by atoms with Gasteiger partial charge in [-0.05, 0) is 18.4 Å². The van der Waals surface area contributed by atoms with Crippen LogP contribution in [-0.2, 0) is 4.79 Å². The Labute approximate surface area is 134 Å². The Hall–Kier alpha value is -2.37. The van der Waals surface area contributed by atoms with Gasteiger partial charge in [0.05, 0.1) is 5.52 Å². The van der Waals surface area contributed by atoms with Crippen LogP contribution in [0.25, 0.3) is 10.9 Å². The molecule has 120 valence electrons. The molecule has 23 heavy (non-hydrogen) atoms. The van der Waals surface area contributed by atoms with Crippen LogP contribution in [0.15, 0.2) is 24.3 Å². The summed E-state index contributed by atoms with van der Waals surface area (Å²) >= 11 is 0. The van der Waals surface area contributed by atoms with Crippen molar-refractivity contribution >= 4 is 22.7 Å². The third-order valence-corrected chi connectivity index (χ3v) is 4.98. The van der Waals surface area contributed by atoms with E-state index in [1.54, 1.807) is 4.90 Å². The van der Waals surface area contributed by atoms with Gasteiger partial charge in [-0.2, -0.15) is 5.10 Å². The number of hydrogen-bond donors (Lipinski definition) is 1. The number of benzene rings is 1. The number of carbonyl (C=O) groups excluding carboxylic acids is 2. The fourth-order valence-electron chi connectivity index (χ4n) is 3.31. The highest BCUT2D eigenvalue weighted by molar-refractivity contribution is 6.04. The second-order valence-electron chi connectivity index (χ2n) is 6.55. The first-order valence-corrected chi connectivity index (χ1v) is 8.16. The van der Waals surface area contributed by atoms with Gasteiger partial charge in [0.2, 0.25) is 5.91 Å². The van der Waals surface area contributed by atoms with Gasteiger partial charge in [-0.25, -0.2) is 0 Å². The summed E-state index contributed by atoms with van der Waals surface area (Å²) in [5, 5.41) is 7.93. The molecule has 2 aromatic rings. The molecule has 4 rings (SSSR count). The maximum absolute atomic E-state index is 12.7. The number of para-hydroxylation sites is 1. The number of nitrogens with one attached hydrogen (secondary N) is 1. The molecule has 2 atom stereocenters. The van der Waals surface area contributed by atoms with Crippen LogP contribution in [0.1, 0.15) is 23.8 Å². The van der Waals surface area contributed by atoms with Crippen LogP contribution in [-0.4, -0.2) is 58.0 Å². The fraction of sp³-hybridized carbons (Fsp3) is 0.471. The number of piperazine rings is 1. The van der Waals surface area contributed by atoms with Crippen LogP contribution in [0, 0.1) is 11.8 Å². The van der Waals surface area contributed by atoms with E-state index in [0.717, 1.165) is 17.3 Å². The van der Waals surface area contributed by atoms with E-state index in [1.165, 1.54) is 0 Å². The molecule has 1 aliphatic heterocycles. The predicted octanol–water partition coefficient (Wildman–Crippen LogP) is 1.50. The van der Waals surface area contributed by atoms with Crippen molar-refractivity contribution in [1.82, 2.24) is 20.0 Å². The first-order valence-electron chi connectivity index (χ1n) is 8.16. The molecular formula is C17H20N4O2. The van der Waals surface area contributed by atoms with Crippen molar-refractivity contribution < 1.29 is 9.59 Å². The van der Waals surface area contributed by atoms with Crippen molar-refractivity contribution in [2.45, 2.75) is 13.3 Å². The first kappa shape index (κ1) is 14.2. The summed E-state index contributed by atoms with van der Waals surface area (Å²) in [5.74, 6) is 0.939. The number of rotatable bonds is 2. The van der Waals surface area contributed by atoms with Crippen molar-refractivity contribution in [2.24, 2.45) is 11.8 Å². The fourth-order valence-corrected chi connectivity index (χ4v) is 3.31. The van der Waals surface area contributed by atoms with E-state index < -0.39 is 0 Å². The molecule has 2 heterocycles. The Morgan fingerprint density at radius 2 is 1.78 bits per heavy atom. The molecule has 2 aliphatic rings. The number of amides is 2. The van der Waals surface area contributed by atoms with Crippen molar-refractivity contribution in [3.63, 3.8) is 0 Å². The number of nitrogens with zero attached hydrogens (tertiary/aromatic N) is 3. The second kappa shape index (κ2) is 5.37. The van der Waals surface area contributed by atoms with E-state index in [0.29, 0.717) is 37.8 Å². The molecule has 1 saturated heterocycles. The number of aromatic nitrogens is 2. The van der Waals surface area contributed by atoms with E-state index in [-0.39, 0.29) is 17.7 Å². The molecule has 6 heteroatoms. The molecule has 6 nitrogen and oxygen atoms in total. The summed E-state index contributed by atoms with van der Waals surface area (Å²) in [6, 6.07) is 7.63.